The number of benzene rings is 1. The first-order valence-electron chi connectivity index (χ1n) is 11.0. The van der Waals surface area contributed by atoms with E-state index in [4.69, 9.17) is 9.47 Å². The van der Waals surface area contributed by atoms with Gasteiger partial charge in [-0.15, -0.1) is 0 Å². The Bertz CT molecular complexity index is 692. The van der Waals surface area contributed by atoms with Crippen molar-refractivity contribution in [1.29, 1.82) is 0 Å². The van der Waals surface area contributed by atoms with Gasteiger partial charge in [-0.2, -0.15) is 0 Å². The van der Waals surface area contributed by atoms with Crippen LogP contribution in [0.3, 0.4) is 0 Å². The van der Waals surface area contributed by atoms with Gasteiger partial charge < -0.3 is 9.47 Å². The molecule has 0 saturated heterocycles. The Hall–Kier alpha value is -1.51. The van der Waals surface area contributed by atoms with Crippen molar-refractivity contribution in [3.8, 4) is 5.75 Å². The van der Waals surface area contributed by atoms with Crippen LogP contribution in [0, 0.1) is 34.5 Å². The lowest BCUT2D eigenvalue weighted by Crippen LogP contribution is -2.42. The molecule has 0 amide bonds. The summed E-state index contributed by atoms with van der Waals surface area (Å²) in [5.41, 5.74) is 1.54. The molecular weight excluding hydrogens is 348 g/mol. The highest BCUT2D eigenvalue weighted by molar-refractivity contribution is 5.72. The van der Waals surface area contributed by atoms with Crippen LogP contribution in [0.5, 0.6) is 5.75 Å². The third kappa shape index (κ3) is 3.35. The summed E-state index contributed by atoms with van der Waals surface area (Å²) in [7, 11) is 1.70. The number of fused-ring (bicyclic) bond motifs is 2. The molecule has 2 aliphatic rings. The Kier molecular flexibility index (Phi) is 5.85. The first kappa shape index (κ1) is 21.2. The summed E-state index contributed by atoms with van der Waals surface area (Å²) < 4.78 is 11.6. The van der Waals surface area contributed by atoms with E-state index in [1.54, 1.807) is 7.11 Å². The van der Waals surface area contributed by atoms with Gasteiger partial charge in [0, 0.05) is 11.3 Å². The van der Waals surface area contributed by atoms with Gasteiger partial charge in [-0.1, -0.05) is 60.1 Å². The van der Waals surface area contributed by atoms with Crippen LogP contribution in [-0.4, -0.2) is 19.2 Å². The zero-order valence-corrected chi connectivity index (χ0v) is 18.7. The second-order valence-electron chi connectivity index (χ2n) is 10.0. The molecule has 0 aliphatic heterocycles. The van der Waals surface area contributed by atoms with E-state index in [0.29, 0.717) is 17.8 Å². The molecule has 0 aromatic heterocycles. The summed E-state index contributed by atoms with van der Waals surface area (Å²) in [6, 6.07) is 8.37. The molecule has 156 valence electrons. The molecule has 0 heterocycles. The Morgan fingerprint density at radius 2 is 1.82 bits per heavy atom. The van der Waals surface area contributed by atoms with E-state index in [2.05, 4.69) is 46.8 Å². The maximum absolute atomic E-state index is 13.0. The molecule has 2 fully saturated rings. The molecule has 0 spiro atoms. The monoisotopic (exact) mass is 386 g/mol. The second kappa shape index (κ2) is 7.72. The van der Waals surface area contributed by atoms with Crippen LogP contribution in [-0.2, 0) is 16.0 Å². The highest BCUT2D eigenvalue weighted by Gasteiger charge is 2.67. The summed E-state index contributed by atoms with van der Waals surface area (Å²) in [6.07, 6.45) is 4.35. The number of ether oxygens (including phenoxy) is 2. The molecule has 3 heteroatoms. The van der Waals surface area contributed by atoms with Gasteiger partial charge in [-0.25, -0.2) is 0 Å². The summed E-state index contributed by atoms with van der Waals surface area (Å²) in [6.45, 7) is 13.4. The highest BCUT2D eigenvalue weighted by atomic mass is 16.5. The van der Waals surface area contributed by atoms with Gasteiger partial charge in [-0.05, 0) is 54.2 Å². The fourth-order valence-corrected chi connectivity index (χ4v) is 5.82. The Morgan fingerprint density at radius 3 is 2.39 bits per heavy atom. The average molecular weight is 387 g/mol. The van der Waals surface area contributed by atoms with E-state index in [1.165, 1.54) is 12.0 Å². The number of esters is 1. The molecule has 28 heavy (non-hydrogen) atoms. The Balaban J connectivity index is 1.84. The fourth-order valence-electron chi connectivity index (χ4n) is 5.82. The summed E-state index contributed by atoms with van der Waals surface area (Å²) in [5.74, 6) is 2.16. The predicted molar refractivity (Wildman–Crippen MR) is 113 cm³/mol. The lowest BCUT2D eigenvalue weighted by Gasteiger charge is -2.40. The van der Waals surface area contributed by atoms with Gasteiger partial charge in [0.15, 0.2) is 0 Å². The molecule has 0 radical (unpaired) electrons. The van der Waals surface area contributed by atoms with Crippen LogP contribution in [0.25, 0.3) is 0 Å². The van der Waals surface area contributed by atoms with Crippen molar-refractivity contribution >= 4 is 5.97 Å². The van der Waals surface area contributed by atoms with E-state index in [1.807, 2.05) is 19.1 Å². The van der Waals surface area contributed by atoms with Crippen molar-refractivity contribution in [2.75, 3.05) is 7.11 Å². The molecule has 0 N–H and O–H groups in total. The molecule has 1 aromatic carbocycles. The number of carbonyl (C=O) groups is 1. The molecule has 3 nitrogen and oxygen atoms in total. The molecular formula is C25H38O3. The lowest BCUT2D eigenvalue weighted by molar-refractivity contribution is -0.166. The van der Waals surface area contributed by atoms with E-state index < -0.39 is 0 Å². The van der Waals surface area contributed by atoms with E-state index in [9.17, 15) is 4.79 Å². The van der Waals surface area contributed by atoms with Crippen molar-refractivity contribution in [3.63, 3.8) is 0 Å². The SMILES string of the molecule is CCC(C)[C@@H](C)C(=O)O[C@@H]1[C@@H](Cc2ccc(OC)cc2)[C@H]2CC[C@]1(C)C2(C)C. The van der Waals surface area contributed by atoms with E-state index in [-0.39, 0.29) is 28.8 Å². The number of hydrogen-bond donors (Lipinski definition) is 0. The zero-order chi connectivity index (χ0) is 20.7. The molecule has 2 bridgehead atoms. The minimum Gasteiger partial charge on any atom is -0.497 e. The first-order chi connectivity index (χ1) is 13.2. The summed E-state index contributed by atoms with van der Waals surface area (Å²) >= 11 is 0. The van der Waals surface area contributed by atoms with Crippen LogP contribution in [0.4, 0.5) is 0 Å². The van der Waals surface area contributed by atoms with Gasteiger partial charge in [-0.3, -0.25) is 4.79 Å². The third-order valence-corrected chi connectivity index (χ3v) is 8.65. The number of carbonyl (C=O) groups excluding carboxylic acids is 1. The molecule has 2 aliphatic carbocycles. The maximum Gasteiger partial charge on any atom is 0.309 e. The van der Waals surface area contributed by atoms with Crippen molar-refractivity contribution in [3.05, 3.63) is 29.8 Å². The Labute approximate surface area is 171 Å². The van der Waals surface area contributed by atoms with Crippen LogP contribution in [0.2, 0.25) is 0 Å². The van der Waals surface area contributed by atoms with Gasteiger partial charge in [0.05, 0.1) is 13.0 Å². The van der Waals surface area contributed by atoms with Gasteiger partial charge in [0.1, 0.15) is 11.9 Å². The number of rotatable bonds is 7. The normalized spacial score (nSPS) is 32.8. The highest BCUT2D eigenvalue weighted by Crippen LogP contribution is 2.69. The zero-order valence-electron chi connectivity index (χ0n) is 18.7. The standard InChI is InChI=1S/C25H38O3/c1-8-16(2)17(3)23(26)28-22-20(15-18-9-11-19(27-7)12-10-18)21-13-14-25(22,6)24(21,4)5/h9-12,16-17,20-22H,8,13-15H2,1-7H3/t16?,17-,20+,21-,22-,25+/m1/s1. The van der Waals surface area contributed by atoms with Crippen molar-refractivity contribution in [2.45, 2.75) is 73.3 Å². The number of methoxy groups -OCH3 is 1. The largest absolute Gasteiger partial charge is 0.497 e. The van der Waals surface area contributed by atoms with E-state index in [0.717, 1.165) is 25.0 Å². The quantitative estimate of drug-likeness (QED) is 0.547. The second-order valence-corrected chi connectivity index (χ2v) is 10.0. The first-order valence-corrected chi connectivity index (χ1v) is 11.0. The van der Waals surface area contributed by atoms with Crippen LogP contribution in [0.15, 0.2) is 24.3 Å². The molecule has 2 saturated carbocycles. The Morgan fingerprint density at radius 1 is 1.18 bits per heavy atom. The molecule has 3 rings (SSSR count). The van der Waals surface area contributed by atoms with Crippen LogP contribution < -0.4 is 4.74 Å². The molecule has 6 atom stereocenters. The summed E-state index contributed by atoms with van der Waals surface area (Å²) in [5, 5.41) is 0. The van der Waals surface area contributed by atoms with Crippen molar-refractivity contribution < 1.29 is 14.3 Å². The van der Waals surface area contributed by atoms with E-state index >= 15 is 0 Å². The number of hydrogen-bond acceptors (Lipinski definition) is 3. The van der Waals surface area contributed by atoms with Crippen molar-refractivity contribution in [1.82, 2.24) is 0 Å². The topological polar surface area (TPSA) is 35.5 Å². The van der Waals surface area contributed by atoms with Gasteiger partial charge in [0.2, 0.25) is 0 Å². The van der Waals surface area contributed by atoms with Crippen molar-refractivity contribution in [2.24, 2.45) is 34.5 Å². The fraction of sp³-hybridized carbons (Fsp3) is 0.720. The maximum atomic E-state index is 13.0. The summed E-state index contributed by atoms with van der Waals surface area (Å²) in [4.78, 5) is 13.0. The molecule has 1 unspecified atom stereocenters. The average Bonchev–Trinajstić information content (AvgIpc) is 3.00. The van der Waals surface area contributed by atoms with Gasteiger partial charge in [0.25, 0.3) is 0 Å². The third-order valence-electron chi connectivity index (χ3n) is 8.65. The minimum atomic E-state index is -0.0440. The smallest absolute Gasteiger partial charge is 0.309 e. The predicted octanol–water partition coefficient (Wildman–Crippen LogP) is 5.90. The molecule has 1 aromatic rings. The lowest BCUT2D eigenvalue weighted by atomic mass is 9.70. The minimum absolute atomic E-state index is 0.00218. The van der Waals surface area contributed by atoms with Crippen LogP contribution >= 0.6 is 0 Å². The van der Waals surface area contributed by atoms with Gasteiger partial charge >= 0.3 is 5.97 Å². The van der Waals surface area contributed by atoms with Crippen LogP contribution in [0.1, 0.15) is 66.4 Å².